The van der Waals surface area contributed by atoms with E-state index in [-0.39, 0.29) is 56.1 Å². The van der Waals surface area contributed by atoms with Crippen molar-refractivity contribution < 1.29 is 43.0 Å². The third-order valence-electron chi connectivity index (χ3n) is 9.57. The van der Waals surface area contributed by atoms with Crippen LogP contribution in [0.15, 0.2) is 41.4 Å². The van der Waals surface area contributed by atoms with Crippen molar-refractivity contribution in [2.24, 2.45) is 26.7 Å². The maximum Gasteiger partial charge on any atom is 0.333 e. The lowest BCUT2D eigenvalue weighted by molar-refractivity contribution is -0.139. The number of hydrogen-bond acceptors (Lipinski definition) is 10. The van der Waals surface area contributed by atoms with Gasteiger partial charge in [-0.25, -0.2) is 33.8 Å². The van der Waals surface area contributed by atoms with Crippen LogP contribution in [-0.4, -0.2) is 110 Å². The van der Waals surface area contributed by atoms with Crippen molar-refractivity contribution >= 4 is 36.1 Å². The summed E-state index contributed by atoms with van der Waals surface area (Å²) >= 11 is 0. The molecule has 14 nitrogen and oxygen atoms in total. The zero-order valence-corrected chi connectivity index (χ0v) is 51.8. The van der Waals surface area contributed by atoms with Gasteiger partial charge in [0.05, 0.1) is 19.6 Å². The van der Waals surface area contributed by atoms with E-state index >= 15 is 0 Å². The minimum atomic E-state index is -0.467. The van der Waals surface area contributed by atoms with E-state index in [0.29, 0.717) is 51.5 Å². The number of hydrogen-bond donors (Lipinski definition) is 2. The summed E-state index contributed by atoms with van der Waals surface area (Å²) < 4.78 is 14.3. The monoisotopic (exact) mass is 1030 g/mol. The first-order chi connectivity index (χ1) is 32.3. The lowest BCUT2D eigenvalue weighted by Crippen LogP contribution is -2.50. The molecule has 0 rings (SSSR count). The van der Waals surface area contributed by atoms with E-state index in [9.17, 15) is 28.8 Å². The molecular weight excluding hydrogens is 911 g/mol. The maximum absolute atomic E-state index is 11.9. The van der Waals surface area contributed by atoms with Gasteiger partial charge in [0.25, 0.3) is 0 Å². The van der Waals surface area contributed by atoms with Crippen LogP contribution in [0.2, 0.25) is 0 Å². The van der Waals surface area contributed by atoms with Crippen LogP contribution in [0.3, 0.4) is 0 Å². The minimum absolute atomic E-state index is 0.0981. The Bertz CT molecular complexity index is 1530. The predicted octanol–water partition coefficient (Wildman–Crippen LogP) is 14.5. The van der Waals surface area contributed by atoms with Crippen LogP contribution in [0.5, 0.6) is 0 Å². The van der Waals surface area contributed by atoms with Gasteiger partial charge in [-0.3, -0.25) is 0 Å². The van der Waals surface area contributed by atoms with Gasteiger partial charge in [-0.05, 0) is 104 Å². The fourth-order valence-electron chi connectivity index (χ4n) is 4.14. The number of nitrogens with one attached hydrogen (secondary N) is 2. The predicted molar refractivity (Wildman–Crippen MR) is 305 cm³/mol. The topological polar surface area (TPSA) is 173 Å². The molecule has 2 N–H and O–H groups in total. The highest BCUT2D eigenvalue weighted by atomic mass is 16.5. The summed E-state index contributed by atoms with van der Waals surface area (Å²) in [4.78, 5) is 72.3. The van der Waals surface area contributed by atoms with E-state index in [0.717, 1.165) is 0 Å². The third-order valence-corrected chi connectivity index (χ3v) is 9.57. The molecule has 0 radical (unpaired) electrons. The Hall–Kier alpha value is -4.45. The van der Waals surface area contributed by atoms with Crippen LogP contribution in [-0.2, 0) is 33.4 Å². The van der Waals surface area contributed by atoms with E-state index in [1.165, 1.54) is 44.6 Å². The molecule has 0 saturated heterocycles. The van der Waals surface area contributed by atoms with Gasteiger partial charge in [-0.1, -0.05) is 156 Å². The van der Waals surface area contributed by atoms with Gasteiger partial charge in [-0.15, -0.1) is 0 Å². The summed E-state index contributed by atoms with van der Waals surface area (Å²) in [6.45, 7) is 66.4. The standard InChI is InChI=1S/C13H24N2O3.C12H22N2O3.C7H9NO3.2C7H16.2C6H14/c1-7-15(13(4,5)6)12(17)14-8-9-18-11(16)10(2)3;1-9(2)10(15)17-8-7-13-11(16)14(6)12(3,4)5;1-6(2)7(10)11-4-3-8-5-9;2*1-5-6-7(2,3)4;2*1-5-6(2,3)4/h2,7-9H2,1,3-6H3,(H,14,17);1,7-8H2,2-6H3,(H,13,16);1,3-4H2,2H3;2*5-6H2,1-4H3;2*5H2,1-4H3. The fourth-order valence-corrected chi connectivity index (χ4v) is 4.14. The highest BCUT2D eigenvalue weighted by Crippen LogP contribution is 2.20. The van der Waals surface area contributed by atoms with Gasteiger partial charge in [0.2, 0.25) is 6.08 Å². The number of aliphatic imine (C=N–C) groups is 1. The highest BCUT2D eigenvalue weighted by molar-refractivity contribution is 5.87. The lowest BCUT2D eigenvalue weighted by Gasteiger charge is -2.34. The van der Waals surface area contributed by atoms with E-state index in [1.54, 1.807) is 37.6 Å². The molecule has 72 heavy (non-hydrogen) atoms. The third kappa shape index (κ3) is 67.6. The number of carbonyl (C=O) groups excluding carboxylic acids is 6. The molecule has 0 aromatic heterocycles. The quantitative estimate of drug-likeness (QED) is 0.0404. The second kappa shape index (κ2) is 43.0. The zero-order chi connectivity index (χ0) is 58.9. The number of carbonyl (C=O) groups is 5. The van der Waals surface area contributed by atoms with Crippen LogP contribution >= 0.6 is 0 Å². The molecule has 0 aliphatic heterocycles. The molecule has 0 spiro atoms. The van der Waals surface area contributed by atoms with Gasteiger partial charge in [0.1, 0.15) is 19.8 Å². The Morgan fingerprint density at radius 2 is 0.792 bits per heavy atom. The molecule has 0 unspecified atom stereocenters. The maximum atomic E-state index is 11.9. The van der Waals surface area contributed by atoms with Gasteiger partial charge in [-0.2, -0.15) is 0 Å². The van der Waals surface area contributed by atoms with Gasteiger partial charge < -0.3 is 34.6 Å². The first-order valence-corrected chi connectivity index (χ1v) is 25.9. The first-order valence-electron chi connectivity index (χ1n) is 25.9. The second-order valence-electron chi connectivity index (χ2n) is 24.3. The average Bonchev–Trinajstić information content (AvgIpc) is 3.21. The fraction of sp³-hybridized carbons (Fsp3) is 0.793. The summed E-state index contributed by atoms with van der Waals surface area (Å²) in [5.41, 5.74) is 2.75. The average molecular weight is 1030 g/mol. The van der Waals surface area contributed by atoms with Crippen LogP contribution in [0, 0.1) is 21.7 Å². The van der Waals surface area contributed by atoms with Crippen molar-refractivity contribution in [1.82, 2.24) is 20.4 Å². The molecular formula is C58H115N5O9. The Labute approximate surface area is 443 Å². The molecule has 426 valence electrons. The molecule has 0 aromatic rings. The van der Waals surface area contributed by atoms with Crippen molar-refractivity contribution in [3.63, 3.8) is 0 Å². The molecule has 0 aliphatic rings. The molecule has 0 aliphatic carbocycles. The lowest BCUT2D eigenvalue weighted by atomic mass is 9.91. The number of amides is 4. The number of urea groups is 2. The van der Waals surface area contributed by atoms with E-state index in [2.05, 4.69) is 151 Å². The Kier molecular flexibility index (Phi) is 48.7. The Balaban J connectivity index is -0.000000144. The summed E-state index contributed by atoms with van der Waals surface area (Å²) in [6, 6.07) is -0.347. The highest BCUT2D eigenvalue weighted by Gasteiger charge is 2.24. The Morgan fingerprint density at radius 3 is 0.986 bits per heavy atom. The smallest absolute Gasteiger partial charge is 0.333 e. The molecule has 0 saturated carbocycles. The summed E-state index contributed by atoms with van der Waals surface area (Å²) in [7, 11) is 1.72. The van der Waals surface area contributed by atoms with Gasteiger partial charge in [0, 0.05) is 41.4 Å². The van der Waals surface area contributed by atoms with Crippen LogP contribution in [0.25, 0.3) is 0 Å². The molecule has 14 heteroatoms. The summed E-state index contributed by atoms with van der Waals surface area (Å²) in [6.07, 6.45) is 9.17. The first kappa shape index (κ1) is 81.6. The van der Waals surface area contributed by atoms with Crippen molar-refractivity contribution in [1.29, 1.82) is 0 Å². The zero-order valence-electron chi connectivity index (χ0n) is 51.8. The number of rotatable bonds is 15. The SMILES string of the molecule is C=C(C)C(=O)OCCN=C=O.C=C(C)C(=O)OCCNC(=O)N(C)C(C)(C)C.C=C(C)C(=O)OCCNC(=O)N(CC)C(C)(C)C.CCC(C)(C)C.CCC(C)(C)C.CCCC(C)(C)C.CCCC(C)(C)C. The Morgan fingerprint density at radius 1 is 0.500 bits per heavy atom. The second-order valence-corrected chi connectivity index (χ2v) is 24.3. The van der Waals surface area contributed by atoms with Gasteiger partial charge in [0.15, 0.2) is 0 Å². The molecule has 4 amide bonds. The minimum Gasteiger partial charge on any atom is -0.460 e. The van der Waals surface area contributed by atoms with Crippen LogP contribution in [0.1, 0.15) is 219 Å². The number of nitrogens with zero attached hydrogens (tertiary/aromatic N) is 3. The molecule has 0 aromatic carbocycles. The van der Waals surface area contributed by atoms with Crippen LogP contribution in [0.4, 0.5) is 9.59 Å². The normalized spacial score (nSPS) is 10.8. The molecule has 0 bridgehead atoms. The number of esters is 3. The van der Waals surface area contributed by atoms with E-state index in [4.69, 9.17) is 9.47 Å². The van der Waals surface area contributed by atoms with E-state index < -0.39 is 17.9 Å². The summed E-state index contributed by atoms with van der Waals surface area (Å²) in [5, 5.41) is 5.38. The van der Waals surface area contributed by atoms with Crippen molar-refractivity contribution in [2.75, 3.05) is 53.0 Å². The van der Waals surface area contributed by atoms with Crippen molar-refractivity contribution in [3.8, 4) is 0 Å². The summed E-state index contributed by atoms with van der Waals surface area (Å²) in [5.74, 6) is -1.35. The van der Waals surface area contributed by atoms with Crippen molar-refractivity contribution in [2.45, 2.75) is 230 Å². The molecule has 0 fully saturated rings. The number of ether oxygens (including phenoxy) is 3. The molecule has 0 atom stereocenters. The van der Waals surface area contributed by atoms with Gasteiger partial charge >= 0.3 is 30.0 Å². The molecule has 0 heterocycles. The largest absolute Gasteiger partial charge is 0.460 e. The van der Waals surface area contributed by atoms with Crippen LogP contribution < -0.4 is 10.6 Å². The van der Waals surface area contributed by atoms with Crippen molar-refractivity contribution in [3.05, 3.63) is 36.5 Å². The van der Waals surface area contributed by atoms with E-state index in [1.807, 2.05) is 48.5 Å². The number of isocyanates is 1.